The minimum absolute atomic E-state index is 0.0785. The van der Waals surface area contributed by atoms with Crippen molar-refractivity contribution in [2.75, 3.05) is 18.8 Å². The summed E-state index contributed by atoms with van der Waals surface area (Å²) in [7, 11) is 0. The lowest BCUT2D eigenvalue weighted by Crippen LogP contribution is -2.65. The third-order valence-corrected chi connectivity index (χ3v) is 5.85. The second-order valence-corrected chi connectivity index (χ2v) is 8.20. The van der Waals surface area contributed by atoms with Gasteiger partial charge in [0.2, 0.25) is 11.8 Å². The Morgan fingerprint density at radius 1 is 1.27 bits per heavy atom. The minimum atomic E-state index is -0.0785. The van der Waals surface area contributed by atoms with Gasteiger partial charge in [-0.3, -0.25) is 19.8 Å². The van der Waals surface area contributed by atoms with Gasteiger partial charge in [0, 0.05) is 48.7 Å². The Balaban J connectivity index is 1.34. The maximum atomic E-state index is 12.2. The Labute approximate surface area is 159 Å². The van der Waals surface area contributed by atoms with Crippen LogP contribution in [0, 0.1) is 0 Å². The number of carbonyl (C=O) groups is 2. The van der Waals surface area contributed by atoms with E-state index in [1.807, 2.05) is 25.1 Å². The summed E-state index contributed by atoms with van der Waals surface area (Å²) in [4.78, 5) is 27.3. The number of thioether (sulfide) groups is 1. The molecule has 7 heteroatoms. The molecule has 0 aromatic heterocycles. The van der Waals surface area contributed by atoms with Crippen molar-refractivity contribution >= 4 is 23.6 Å². The molecule has 1 aromatic carbocycles. The summed E-state index contributed by atoms with van der Waals surface area (Å²) in [6.07, 6.45) is 2.83. The van der Waals surface area contributed by atoms with Gasteiger partial charge in [-0.05, 0) is 31.9 Å². The van der Waals surface area contributed by atoms with E-state index in [4.69, 9.17) is 0 Å². The van der Waals surface area contributed by atoms with Gasteiger partial charge in [0.25, 0.3) is 0 Å². The smallest absolute Gasteiger partial charge is 0.223 e. The Morgan fingerprint density at radius 2 is 2.00 bits per heavy atom. The topological polar surface area (TPSA) is 73.5 Å². The van der Waals surface area contributed by atoms with Crippen LogP contribution >= 0.6 is 11.8 Å². The van der Waals surface area contributed by atoms with E-state index < -0.39 is 0 Å². The van der Waals surface area contributed by atoms with E-state index in [9.17, 15) is 9.59 Å². The molecule has 2 amide bonds. The maximum Gasteiger partial charge on any atom is 0.223 e. The van der Waals surface area contributed by atoms with Crippen molar-refractivity contribution in [2.45, 2.75) is 55.9 Å². The number of nitrogens with zero attached hydrogens (tertiary/aromatic N) is 1. The normalized spacial score (nSPS) is 24.9. The molecule has 142 valence electrons. The van der Waals surface area contributed by atoms with Crippen LogP contribution in [-0.2, 0) is 9.59 Å². The lowest BCUT2D eigenvalue weighted by molar-refractivity contribution is -0.127. The van der Waals surface area contributed by atoms with Crippen LogP contribution in [0.3, 0.4) is 0 Å². The van der Waals surface area contributed by atoms with Gasteiger partial charge in [-0.25, -0.2) is 0 Å². The molecule has 6 nitrogen and oxygen atoms in total. The fourth-order valence-corrected chi connectivity index (χ4v) is 4.31. The van der Waals surface area contributed by atoms with E-state index in [1.165, 1.54) is 4.90 Å². The molecule has 2 saturated heterocycles. The first-order valence-electron chi connectivity index (χ1n) is 9.37. The molecular formula is C19H28N4O2S. The van der Waals surface area contributed by atoms with E-state index in [0.717, 1.165) is 31.7 Å². The number of nitrogens with one attached hydrogen (secondary N) is 3. The van der Waals surface area contributed by atoms with Gasteiger partial charge in [0.1, 0.15) is 6.29 Å². The fraction of sp³-hybridized carbons (Fsp3) is 0.579. The third-order valence-electron chi connectivity index (χ3n) is 4.83. The minimum Gasteiger partial charge on any atom is -0.353 e. The molecule has 0 spiro atoms. The molecule has 2 aliphatic heterocycles. The molecular weight excluding hydrogens is 348 g/mol. The second kappa shape index (κ2) is 9.39. The Bertz CT molecular complexity index is 605. The number of benzene rings is 1. The van der Waals surface area contributed by atoms with Crippen molar-refractivity contribution in [3.63, 3.8) is 0 Å². The predicted molar refractivity (Wildman–Crippen MR) is 104 cm³/mol. The Hall–Kier alpha value is -1.57. The quantitative estimate of drug-likeness (QED) is 0.657. The number of hydrogen-bond acceptors (Lipinski definition) is 5. The SMILES string of the molecule is CC1CC(=O)NC(N2CCC(NC(=O)CCSc3ccccc3)CC2)N1. The van der Waals surface area contributed by atoms with Crippen LogP contribution in [0.5, 0.6) is 0 Å². The van der Waals surface area contributed by atoms with E-state index >= 15 is 0 Å². The summed E-state index contributed by atoms with van der Waals surface area (Å²) in [6.45, 7) is 3.77. The van der Waals surface area contributed by atoms with Crippen molar-refractivity contribution in [2.24, 2.45) is 0 Å². The standard InChI is InChI=1S/C19H28N4O2S/c1-14-13-18(25)22-19(20-14)23-10-7-15(8-11-23)21-17(24)9-12-26-16-5-3-2-4-6-16/h2-6,14-15,19-20H,7-13H2,1H3,(H,21,24)(H,22,25). The molecule has 0 bridgehead atoms. The number of carbonyl (C=O) groups excluding carboxylic acids is 2. The van der Waals surface area contributed by atoms with Gasteiger partial charge < -0.3 is 10.6 Å². The first kappa shape index (κ1) is 19.2. The monoisotopic (exact) mass is 376 g/mol. The zero-order valence-electron chi connectivity index (χ0n) is 15.2. The van der Waals surface area contributed by atoms with Gasteiger partial charge >= 0.3 is 0 Å². The summed E-state index contributed by atoms with van der Waals surface area (Å²) in [5, 5.41) is 9.58. The lowest BCUT2D eigenvalue weighted by atomic mass is 10.0. The first-order chi connectivity index (χ1) is 12.6. The van der Waals surface area contributed by atoms with Crippen LogP contribution in [0.1, 0.15) is 32.6 Å². The second-order valence-electron chi connectivity index (χ2n) is 7.03. The highest BCUT2D eigenvalue weighted by Gasteiger charge is 2.30. The summed E-state index contributed by atoms with van der Waals surface area (Å²) >= 11 is 1.71. The number of hydrogen-bond donors (Lipinski definition) is 3. The van der Waals surface area contributed by atoms with Gasteiger partial charge in [0.05, 0.1) is 0 Å². The summed E-state index contributed by atoms with van der Waals surface area (Å²) in [6, 6.07) is 10.6. The van der Waals surface area contributed by atoms with E-state index in [2.05, 4.69) is 33.0 Å². The van der Waals surface area contributed by atoms with Gasteiger partial charge in [-0.1, -0.05) is 18.2 Å². The molecule has 0 aliphatic carbocycles. The maximum absolute atomic E-state index is 12.2. The highest BCUT2D eigenvalue weighted by Crippen LogP contribution is 2.18. The number of amides is 2. The Kier molecular flexibility index (Phi) is 6.93. The van der Waals surface area contributed by atoms with Crippen molar-refractivity contribution < 1.29 is 9.59 Å². The van der Waals surface area contributed by atoms with Crippen molar-refractivity contribution in [3.8, 4) is 0 Å². The molecule has 0 radical (unpaired) electrons. The molecule has 2 unspecified atom stereocenters. The molecule has 2 atom stereocenters. The van der Waals surface area contributed by atoms with Crippen LogP contribution < -0.4 is 16.0 Å². The highest BCUT2D eigenvalue weighted by molar-refractivity contribution is 7.99. The van der Waals surface area contributed by atoms with Crippen molar-refractivity contribution in [3.05, 3.63) is 30.3 Å². The van der Waals surface area contributed by atoms with Crippen LogP contribution in [0.4, 0.5) is 0 Å². The first-order valence-corrected chi connectivity index (χ1v) is 10.4. The average Bonchev–Trinajstić information content (AvgIpc) is 2.62. The van der Waals surface area contributed by atoms with Crippen LogP contribution in [-0.4, -0.2) is 53.9 Å². The van der Waals surface area contributed by atoms with Gasteiger partial charge in [-0.15, -0.1) is 11.8 Å². The largest absolute Gasteiger partial charge is 0.353 e. The molecule has 2 fully saturated rings. The number of likely N-dealkylation sites (tertiary alicyclic amines) is 1. The van der Waals surface area contributed by atoms with Crippen LogP contribution in [0.15, 0.2) is 35.2 Å². The molecule has 1 aromatic rings. The molecule has 3 rings (SSSR count). The number of piperidine rings is 1. The molecule has 2 aliphatic rings. The summed E-state index contributed by atoms with van der Waals surface area (Å²) in [5.74, 6) is 1.03. The lowest BCUT2D eigenvalue weighted by Gasteiger charge is -2.41. The van der Waals surface area contributed by atoms with Gasteiger partial charge in [-0.2, -0.15) is 0 Å². The van der Waals surface area contributed by atoms with Crippen LogP contribution in [0.2, 0.25) is 0 Å². The molecule has 26 heavy (non-hydrogen) atoms. The van der Waals surface area contributed by atoms with E-state index in [0.29, 0.717) is 12.8 Å². The van der Waals surface area contributed by atoms with Crippen molar-refractivity contribution in [1.82, 2.24) is 20.9 Å². The third kappa shape index (κ3) is 5.72. The molecule has 0 saturated carbocycles. The summed E-state index contributed by atoms with van der Waals surface area (Å²) in [5.41, 5.74) is 0. The number of rotatable bonds is 6. The van der Waals surface area contributed by atoms with Gasteiger partial charge in [0.15, 0.2) is 0 Å². The predicted octanol–water partition coefficient (Wildman–Crippen LogP) is 1.53. The average molecular weight is 377 g/mol. The zero-order chi connectivity index (χ0) is 18.4. The summed E-state index contributed by atoms with van der Waals surface area (Å²) < 4.78 is 0. The molecule has 3 N–H and O–H groups in total. The zero-order valence-corrected chi connectivity index (χ0v) is 16.1. The van der Waals surface area contributed by atoms with Crippen LogP contribution in [0.25, 0.3) is 0 Å². The fourth-order valence-electron chi connectivity index (χ4n) is 3.44. The Morgan fingerprint density at radius 3 is 2.69 bits per heavy atom. The van der Waals surface area contributed by atoms with Crippen molar-refractivity contribution in [1.29, 1.82) is 0 Å². The molecule has 2 heterocycles. The highest BCUT2D eigenvalue weighted by atomic mass is 32.2. The van der Waals surface area contributed by atoms with E-state index in [1.54, 1.807) is 11.8 Å². The van der Waals surface area contributed by atoms with E-state index in [-0.39, 0.29) is 30.2 Å².